The third-order valence-electron chi connectivity index (χ3n) is 2.67. The van der Waals surface area contributed by atoms with Gasteiger partial charge in [0.15, 0.2) is 11.6 Å². The molecule has 16 heavy (non-hydrogen) atoms. The molecule has 1 heterocycles. The fourth-order valence-electron chi connectivity index (χ4n) is 1.78. The van der Waals surface area contributed by atoms with Gasteiger partial charge in [-0.05, 0) is 38.2 Å². The molecule has 0 atom stereocenters. The highest BCUT2D eigenvalue weighted by Gasteiger charge is 2.12. The van der Waals surface area contributed by atoms with Gasteiger partial charge < -0.3 is 15.0 Å². The lowest BCUT2D eigenvalue weighted by molar-refractivity contribution is 0.413. The first kappa shape index (κ1) is 11.0. The van der Waals surface area contributed by atoms with Crippen molar-refractivity contribution >= 4 is 10.9 Å². The second-order valence-corrected chi connectivity index (χ2v) is 4.19. The maximum Gasteiger partial charge on any atom is 0.174 e. The Balaban J connectivity index is 2.42. The quantitative estimate of drug-likeness (QED) is 0.835. The molecule has 0 saturated carbocycles. The number of aromatic amines is 1. The largest absolute Gasteiger partial charge is 0.505 e. The number of nitrogens with one attached hydrogen (secondary N) is 1. The minimum absolute atomic E-state index is 0.293. The van der Waals surface area contributed by atoms with Crippen LogP contribution >= 0.6 is 0 Å². The lowest BCUT2D eigenvalue weighted by atomic mass is 10.1. The van der Waals surface area contributed by atoms with Gasteiger partial charge in [-0.2, -0.15) is 0 Å². The first-order chi connectivity index (χ1) is 7.59. The number of phenolic OH excluding ortho intramolecular Hbond substituents is 1. The normalized spacial score (nSPS) is 11.5. The van der Waals surface area contributed by atoms with E-state index in [1.54, 1.807) is 12.3 Å². The van der Waals surface area contributed by atoms with E-state index in [-0.39, 0.29) is 5.75 Å². The standard InChI is InChI=1S/C12H15FN2O/c1-15(2)6-5-8-7-14-9-3-4-10(16)12(13)11(8)9/h3-4,7,14,16H,5-6H2,1-2H3. The van der Waals surface area contributed by atoms with E-state index < -0.39 is 5.82 Å². The van der Waals surface area contributed by atoms with E-state index in [1.807, 2.05) is 19.0 Å². The highest BCUT2D eigenvalue weighted by Crippen LogP contribution is 2.28. The van der Waals surface area contributed by atoms with Crippen molar-refractivity contribution in [3.63, 3.8) is 0 Å². The minimum Gasteiger partial charge on any atom is -0.505 e. The summed E-state index contributed by atoms with van der Waals surface area (Å²) in [6.45, 7) is 0.849. The Morgan fingerprint density at radius 1 is 1.38 bits per heavy atom. The van der Waals surface area contributed by atoms with Gasteiger partial charge in [0.05, 0.1) is 0 Å². The highest BCUT2D eigenvalue weighted by atomic mass is 19.1. The number of nitrogens with zero attached hydrogens (tertiary/aromatic N) is 1. The summed E-state index contributed by atoms with van der Waals surface area (Å²) in [6, 6.07) is 3.05. The van der Waals surface area contributed by atoms with Crippen LogP contribution in [0.5, 0.6) is 5.75 Å². The monoisotopic (exact) mass is 222 g/mol. The zero-order valence-electron chi connectivity index (χ0n) is 9.42. The van der Waals surface area contributed by atoms with Crippen LogP contribution in [0, 0.1) is 5.82 Å². The Hall–Kier alpha value is -1.55. The van der Waals surface area contributed by atoms with Gasteiger partial charge in [-0.25, -0.2) is 4.39 Å². The van der Waals surface area contributed by atoms with Crippen molar-refractivity contribution in [2.24, 2.45) is 0 Å². The van der Waals surface area contributed by atoms with Crippen LogP contribution in [0.3, 0.4) is 0 Å². The molecule has 3 nitrogen and oxygen atoms in total. The SMILES string of the molecule is CN(C)CCc1c[nH]c2ccc(O)c(F)c12. The molecule has 0 unspecified atom stereocenters. The van der Waals surface area contributed by atoms with Crippen LogP contribution in [0.15, 0.2) is 18.3 Å². The molecule has 2 N–H and O–H groups in total. The summed E-state index contributed by atoms with van der Waals surface area (Å²) in [5, 5.41) is 9.84. The summed E-state index contributed by atoms with van der Waals surface area (Å²) in [5.41, 5.74) is 1.63. The van der Waals surface area contributed by atoms with Crippen LogP contribution in [0.1, 0.15) is 5.56 Å². The Kier molecular flexibility index (Phi) is 2.83. The molecule has 0 aliphatic carbocycles. The molecule has 1 aromatic heterocycles. The molecule has 2 aromatic rings. The number of rotatable bonds is 3. The van der Waals surface area contributed by atoms with Crippen molar-refractivity contribution in [1.82, 2.24) is 9.88 Å². The van der Waals surface area contributed by atoms with Crippen molar-refractivity contribution in [1.29, 1.82) is 0 Å². The maximum absolute atomic E-state index is 13.7. The molecule has 4 heteroatoms. The minimum atomic E-state index is -0.535. The van der Waals surface area contributed by atoms with Crippen LogP contribution in [0.4, 0.5) is 4.39 Å². The third kappa shape index (κ3) is 1.88. The average molecular weight is 222 g/mol. The molecule has 0 fully saturated rings. The van der Waals surface area contributed by atoms with Gasteiger partial charge in [-0.3, -0.25) is 0 Å². The van der Waals surface area contributed by atoms with Crippen LogP contribution in [-0.2, 0) is 6.42 Å². The van der Waals surface area contributed by atoms with Crippen molar-refractivity contribution in [3.8, 4) is 5.75 Å². The summed E-state index contributed by atoms with van der Waals surface area (Å²) in [4.78, 5) is 5.05. The van der Waals surface area contributed by atoms with E-state index in [0.717, 1.165) is 24.0 Å². The third-order valence-corrected chi connectivity index (χ3v) is 2.67. The molecule has 86 valence electrons. The molecule has 0 radical (unpaired) electrons. The van der Waals surface area contributed by atoms with E-state index >= 15 is 0 Å². The molecular weight excluding hydrogens is 207 g/mol. The zero-order valence-corrected chi connectivity index (χ0v) is 9.42. The number of fused-ring (bicyclic) bond motifs is 1. The number of likely N-dealkylation sites (N-methyl/N-ethyl adjacent to an activating group) is 1. The zero-order chi connectivity index (χ0) is 11.7. The van der Waals surface area contributed by atoms with Crippen molar-refractivity contribution in [2.75, 3.05) is 20.6 Å². The van der Waals surface area contributed by atoms with Gasteiger partial charge in [0, 0.05) is 23.6 Å². The Morgan fingerprint density at radius 2 is 2.12 bits per heavy atom. The number of H-pyrrole nitrogens is 1. The van der Waals surface area contributed by atoms with Gasteiger partial charge in [-0.15, -0.1) is 0 Å². The summed E-state index contributed by atoms with van der Waals surface area (Å²) >= 11 is 0. The number of hydrogen-bond donors (Lipinski definition) is 2. The second kappa shape index (κ2) is 4.14. The van der Waals surface area contributed by atoms with Gasteiger partial charge in [0.2, 0.25) is 0 Å². The molecule has 2 rings (SSSR count). The van der Waals surface area contributed by atoms with E-state index in [2.05, 4.69) is 4.98 Å². The Bertz CT molecular complexity index is 505. The molecule has 0 aliphatic rings. The van der Waals surface area contributed by atoms with E-state index in [4.69, 9.17) is 0 Å². The molecule has 0 aliphatic heterocycles. The van der Waals surface area contributed by atoms with Gasteiger partial charge >= 0.3 is 0 Å². The molecule has 0 amide bonds. The fourth-order valence-corrected chi connectivity index (χ4v) is 1.78. The van der Waals surface area contributed by atoms with Gasteiger partial charge in [0.1, 0.15) is 0 Å². The maximum atomic E-state index is 13.7. The number of aromatic hydroxyl groups is 1. The second-order valence-electron chi connectivity index (χ2n) is 4.19. The average Bonchev–Trinajstić information content (AvgIpc) is 2.64. The van der Waals surface area contributed by atoms with Crippen LogP contribution < -0.4 is 0 Å². The van der Waals surface area contributed by atoms with Crippen LogP contribution in [-0.4, -0.2) is 35.6 Å². The predicted molar refractivity (Wildman–Crippen MR) is 62.2 cm³/mol. The molecule has 1 aromatic carbocycles. The number of hydrogen-bond acceptors (Lipinski definition) is 2. The number of aromatic nitrogens is 1. The van der Waals surface area contributed by atoms with Crippen molar-refractivity contribution in [3.05, 3.63) is 29.7 Å². The molecule has 0 spiro atoms. The van der Waals surface area contributed by atoms with E-state index in [9.17, 15) is 9.50 Å². The number of benzene rings is 1. The first-order valence-electron chi connectivity index (χ1n) is 5.21. The van der Waals surface area contributed by atoms with Crippen molar-refractivity contribution < 1.29 is 9.50 Å². The molecular formula is C12H15FN2O. The molecule has 0 bridgehead atoms. The number of halogens is 1. The smallest absolute Gasteiger partial charge is 0.174 e. The topological polar surface area (TPSA) is 39.3 Å². The van der Waals surface area contributed by atoms with Gasteiger partial charge in [-0.1, -0.05) is 0 Å². The van der Waals surface area contributed by atoms with Crippen molar-refractivity contribution in [2.45, 2.75) is 6.42 Å². The predicted octanol–water partition coefficient (Wildman–Crippen LogP) is 2.12. The lowest BCUT2D eigenvalue weighted by Gasteiger charge is -2.08. The Morgan fingerprint density at radius 3 is 2.81 bits per heavy atom. The summed E-state index contributed by atoms with van der Waals surface area (Å²) in [6.07, 6.45) is 2.56. The summed E-state index contributed by atoms with van der Waals surface area (Å²) < 4.78 is 13.7. The summed E-state index contributed by atoms with van der Waals surface area (Å²) in [5.74, 6) is -0.828. The van der Waals surface area contributed by atoms with Gasteiger partial charge in [0.25, 0.3) is 0 Å². The Labute approximate surface area is 93.5 Å². The summed E-state index contributed by atoms with van der Waals surface area (Å²) in [7, 11) is 3.95. The molecule has 0 saturated heterocycles. The van der Waals surface area contributed by atoms with E-state index in [1.165, 1.54) is 6.07 Å². The fraction of sp³-hybridized carbons (Fsp3) is 0.333. The van der Waals surface area contributed by atoms with Crippen LogP contribution in [0.25, 0.3) is 10.9 Å². The lowest BCUT2D eigenvalue weighted by Crippen LogP contribution is -2.14. The first-order valence-corrected chi connectivity index (χ1v) is 5.21. The highest BCUT2D eigenvalue weighted by molar-refractivity contribution is 5.85. The number of phenols is 1. The van der Waals surface area contributed by atoms with Crippen LogP contribution in [0.2, 0.25) is 0 Å². The van der Waals surface area contributed by atoms with E-state index in [0.29, 0.717) is 5.39 Å².